The van der Waals surface area contributed by atoms with Crippen LogP contribution in [0.1, 0.15) is 35.8 Å². The van der Waals surface area contributed by atoms with E-state index in [-0.39, 0.29) is 5.91 Å². The molecule has 0 spiro atoms. The monoisotopic (exact) mass is 247 g/mol. The number of carbonyl (C=O) groups is 1. The Kier molecular flexibility index (Phi) is 4.31. The predicted molar refractivity (Wildman–Crippen MR) is 71.6 cm³/mol. The van der Waals surface area contributed by atoms with Crippen LogP contribution in [0, 0.1) is 6.92 Å². The molecule has 2 rings (SSSR count). The lowest BCUT2D eigenvalue weighted by Crippen LogP contribution is -2.44. The molecule has 0 unspecified atom stereocenters. The largest absolute Gasteiger partial charge is 0.339 e. The minimum Gasteiger partial charge on any atom is -0.339 e. The normalized spacial score (nSPS) is 16.9. The second-order valence-corrected chi connectivity index (χ2v) is 4.81. The molecule has 1 aromatic rings. The van der Waals surface area contributed by atoms with Crippen LogP contribution in [-0.2, 0) is 0 Å². The molecule has 0 aliphatic carbocycles. The Hall–Kier alpha value is -1.42. The lowest BCUT2D eigenvalue weighted by atomic mass is 10.0. The van der Waals surface area contributed by atoms with Gasteiger partial charge in [-0.15, -0.1) is 0 Å². The first-order valence-electron chi connectivity index (χ1n) is 6.66. The Morgan fingerprint density at radius 3 is 2.83 bits per heavy atom. The molecule has 1 aromatic heterocycles. The van der Waals surface area contributed by atoms with Crippen LogP contribution in [0.15, 0.2) is 18.3 Å². The van der Waals surface area contributed by atoms with Crippen LogP contribution in [0.3, 0.4) is 0 Å². The molecular formula is C14H21N3O. The third kappa shape index (κ3) is 3.07. The first-order chi connectivity index (χ1) is 8.70. The number of amides is 1. The zero-order valence-corrected chi connectivity index (χ0v) is 11.1. The van der Waals surface area contributed by atoms with Crippen LogP contribution < -0.4 is 5.32 Å². The fourth-order valence-corrected chi connectivity index (χ4v) is 2.44. The van der Waals surface area contributed by atoms with Gasteiger partial charge in [0.25, 0.3) is 5.91 Å². The molecule has 1 amide bonds. The molecule has 0 radical (unpaired) electrons. The molecule has 2 heterocycles. The summed E-state index contributed by atoms with van der Waals surface area (Å²) in [7, 11) is 0. The maximum atomic E-state index is 12.3. The Balaban J connectivity index is 1.95. The van der Waals surface area contributed by atoms with E-state index in [9.17, 15) is 4.79 Å². The van der Waals surface area contributed by atoms with Gasteiger partial charge in [0.15, 0.2) is 0 Å². The van der Waals surface area contributed by atoms with Crippen molar-refractivity contribution in [2.24, 2.45) is 0 Å². The van der Waals surface area contributed by atoms with Crippen LogP contribution in [0.25, 0.3) is 0 Å². The quantitative estimate of drug-likeness (QED) is 0.882. The van der Waals surface area contributed by atoms with E-state index in [1.807, 2.05) is 17.9 Å². The highest BCUT2D eigenvalue weighted by Gasteiger charge is 2.22. The van der Waals surface area contributed by atoms with Gasteiger partial charge in [-0.3, -0.25) is 9.78 Å². The third-order valence-electron chi connectivity index (χ3n) is 3.42. The zero-order valence-electron chi connectivity index (χ0n) is 11.1. The summed E-state index contributed by atoms with van der Waals surface area (Å²) in [4.78, 5) is 18.4. The molecule has 1 N–H and O–H groups in total. The third-order valence-corrected chi connectivity index (χ3v) is 3.42. The molecule has 0 atom stereocenters. The number of hydrogen-bond donors (Lipinski definition) is 1. The first-order valence-corrected chi connectivity index (χ1v) is 6.66. The summed E-state index contributed by atoms with van der Waals surface area (Å²) in [5.41, 5.74) is 1.65. The number of piperidine rings is 1. The van der Waals surface area contributed by atoms with E-state index >= 15 is 0 Å². The van der Waals surface area contributed by atoms with Crippen molar-refractivity contribution < 1.29 is 4.79 Å². The summed E-state index contributed by atoms with van der Waals surface area (Å²) in [6.07, 6.45) is 3.79. The van der Waals surface area contributed by atoms with Crippen molar-refractivity contribution in [1.82, 2.24) is 15.2 Å². The molecule has 1 saturated heterocycles. The van der Waals surface area contributed by atoms with Crippen molar-refractivity contribution in [2.75, 3.05) is 19.6 Å². The number of pyridine rings is 1. The Morgan fingerprint density at radius 1 is 1.50 bits per heavy atom. The lowest BCUT2D eigenvalue weighted by molar-refractivity contribution is 0.0705. The summed E-state index contributed by atoms with van der Waals surface area (Å²) in [5, 5.41) is 3.44. The Labute approximate surface area is 108 Å². The lowest BCUT2D eigenvalue weighted by Gasteiger charge is -2.32. The second-order valence-electron chi connectivity index (χ2n) is 4.81. The van der Waals surface area contributed by atoms with Crippen LogP contribution >= 0.6 is 0 Å². The molecule has 18 heavy (non-hydrogen) atoms. The van der Waals surface area contributed by atoms with Gasteiger partial charge in [-0.2, -0.15) is 0 Å². The van der Waals surface area contributed by atoms with Gasteiger partial charge in [0.1, 0.15) is 0 Å². The van der Waals surface area contributed by atoms with Crippen molar-refractivity contribution in [3.63, 3.8) is 0 Å². The van der Waals surface area contributed by atoms with E-state index in [2.05, 4.69) is 17.2 Å². The molecule has 0 aromatic carbocycles. The Bertz CT molecular complexity index is 411. The van der Waals surface area contributed by atoms with E-state index < -0.39 is 0 Å². The van der Waals surface area contributed by atoms with E-state index in [4.69, 9.17) is 0 Å². The van der Waals surface area contributed by atoms with Crippen LogP contribution in [-0.4, -0.2) is 41.5 Å². The van der Waals surface area contributed by atoms with Gasteiger partial charge in [0, 0.05) is 36.6 Å². The summed E-state index contributed by atoms with van der Waals surface area (Å²) >= 11 is 0. The average molecular weight is 247 g/mol. The van der Waals surface area contributed by atoms with E-state index in [1.165, 1.54) is 0 Å². The number of aryl methyl sites for hydroxylation is 1. The van der Waals surface area contributed by atoms with Gasteiger partial charge in [-0.25, -0.2) is 0 Å². The molecule has 0 saturated carbocycles. The number of nitrogens with one attached hydrogen (secondary N) is 1. The van der Waals surface area contributed by atoms with Gasteiger partial charge < -0.3 is 10.2 Å². The zero-order chi connectivity index (χ0) is 13.0. The van der Waals surface area contributed by atoms with Gasteiger partial charge >= 0.3 is 0 Å². The highest BCUT2D eigenvalue weighted by molar-refractivity contribution is 5.94. The van der Waals surface area contributed by atoms with Crippen LogP contribution in [0.5, 0.6) is 0 Å². The maximum absolute atomic E-state index is 12.3. The van der Waals surface area contributed by atoms with E-state index in [0.29, 0.717) is 6.04 Å². The maximum Gasteiger partial charge on any atom is 0.253 e. The summed E-state index contributed by atoms with van der Waals surface area (Å²) in [6.45, 7) is 6.73. The minimum atomic E-state index is 0.135. The number of hydrogen-bond acceptors (Lipinski definition) is 3. The predicted octanol–water partition coefficient (Wildman–Crippen LogP) is 1.60. The first kappa shape index (κ1) is 13.0. The SMILES string of the molecule is CCNC1CCN(C(=O)c2ccnc(C)c2)CC1. The number of nitrogens with zero attached hydrogens (tertiary/aromatic N) is 2. The molecule has 4 nitrogen and oxygen atoms in total. The van der Waals surface area contributed by atoms with E-state index in [1.54, 1.807) is 12.3 Å². The molecule has 1 aliphatic heterocycles. The second kappa shape index (κ2) is 5.96. The fraction of sp³-hybridized carbons (Fsp3) is 0.571. The average Bonchev–Trinajstić information content (AvgIpc) is 2.39. The topological polar surface area (TPSA) is 45.2 Å². The fourth-order valence-electron chi connectivity index (χ4n) is 2.44. The summed E-state index contributed by atoms with van der Waals surface area (Å²) in [5.74, 6) is 0.135. The van der Waals surface area contributed by atoms with Crippen LogP contribution in [0.2, 0.25) is 0 Å². The van der Waals surface area contributed by atoms with Crippen molar-refractivity contribution in [2.45, 2.75) is 32.7 Å². The number of aromatic nitrogens is 1. The highest BCUT2D eigenvalue weighted by Crippen LogP contribution is 2.14. The summed E-state index contributed by atoms with van der Waals surface area (Å²) < 4.78 is 0. The molecule has 98 valence electrons. The molecule has 1 aliphatic rings. The molecule has 4 heteroatoms. The van der Waals surface area contributed by atoms with Crippen molar-refractivity contribution >= 4 is 5.91 Å². The Morgan fingerprint density at radius 2 is 2.22 bits per heavy atom. The minimum absolute atomic E-state index is 0.135. The smallest absolute Gasteiger partial charge is 0.253 e. The standard InChI is InChI=1S/C14H21N3O/c1-3-15-13-5-8-17(9-6-13)14(18)12-4-7-16-11(2)10-12/h4,7,10,13,15H,3,5-6,8-9H2,1-2H3. The molecular weight excluding hydrogens is 226 g/mol. The van der Waals surface area contributed by atoms with Gasteiger partial charge in [-0.05, 0) is 38.4 Å². The van der Waals surface area contributed by atoms with Crippen molar-refractivity contribution in [3.05, 3.63) is 29.6 Å². The van der Waals surface area contributed by atoms with Crippen molar-refractivity contribution in [1.29, 1.82) is 0 Å². The number of rotatable bonds is 3. The van der Waals surface area contributed by atoms with Crippen LogP contribution in [0.4, 0.5) is 0 Å². The van der Waals surface area contributed by atoms with E-state index in [0.717, 1.165) is 43.7 Å². The highest BCUT2D eigenvalue weighted by atomic mass is 16.2. The number of carbonyl (C=O) groups excluding carboxylic acids is 1. The summed E-state index contributed by atoms with van der Waals surface area (Å²) in [6, 6.07) is 4.22. The molecule has 1 fully saturated rings. The number of likely N-dealkylation sites (tertiary alicyclic amines) is 1. The molecule has 0 bridgehead atoms. The van der Waals surface area contributed by atoms with Gasteiger partial charge in [0.2, 0.25) is 0 Å². The van der Waals surface area contributed by atoms with Gasteiger partial charge in [-0.1, -0.05) is 6.92 Å². The van der Waals surface area contributed by atoms with Gasteiger partial charge in [0.05, 0.1) is 0 Å². The van der Waals surface area contributed by atoms with Crippen molar-refractivity contribution in [3.8, 4) is 0 Å².